The summed E-state index contributed by atoms with van der Waals surface area (Å²) in [5, 5.41) is 6.40. The van der Waals surface area contributed by atoms with Gasteiger partial charge in [0.15, 0.2) is 9.84 Å². The minimum atomic E-state index is -3.18. The molecule has 1 aromatic rings. The molecular formula is C14H19ClN2O4S. The number of benzene rings is 1. The van der Waals surface area contributed by atoms with Gasteiger partial charge < -0.3 is 15.4 Å². The van der Waals surface area contributed by atoms with Crippen LogP contribution >= 0.6 is 11.6 Å². The number of alkyl carbamates (subject to hydrolysis) is 1. The smallest absolute Gasteiger partial charge is 0.407 e. The number of carbonyl (C=O) groups is 1. The average Bonchev–Trinajstić information content (AvgIpc) is 2.71. The maximum absolute atomic E-state index is 11.8. The van der Waals surface area contributed by atoms with Gasteiger partial charge in [-0.15, -0.1) is 0 Å². The van der Waals surface area contributed by atoms with Crippen molar-refractivity contribution in [3.05, 3.63) is 34.9 Å². The summed E-state index contributed by atoms with van der Waals surface area (Å²) in [5.74, 6) is -0.0936. The van der Waals surface area contributed by atoms with E-state index in [2.05, 4.69) is 10.6 Å². The molecule has 2 N–H and O–H groups in total. The number of halogens is 1. The lowest BCUT2D eigenvalue weighted by molar-refractivity contribution is 0.147. The Morgan fingerprint density at radius 1 is 1.36 bits per heavy atom. The Kier molecular flexibility index (Phi) is 5.66. The largest absolute Gasteiger partial charge is 0.450 e. The van der Waals surface area contributed by atoms with Crippen LogP contribution in [0.25, 0.3) is 0 Å². The van der Waals surface area contributed by atoms with Crippen molar-refractivity contribution in [2.45, 2.75) is 25.6 Å². The fourth-order valence-corrected chi connectivity index (χ4v) is 4.52. The number of carbonyl (C=O) groups excluding carboxylic acids is 1. The monoisotopic (exact) mass is 346 g/mol. The van der Waals surface area contributed by atoms with Crippen molar-refractivity contribution in [3.63, 3.8) is 0 Å². The molecule has 6 nitrogen and oxygen atoms in total. The zero-order valence-corrected chi connectivity index (χ0v) is 13.8. The van der Waals surface area contributed by atoms with Crippen molar-refractivity contribution >= 4 is 27.5 Å². The van der Waals surface area contributed by atoms with Gasteiger partial charge in [0.1, 0.15) is 0 Å². The summed E-state index contributed by atoms with van der Waals surface area (Å²) >= 11 is 5.92. The molecule has 0 aliphatic carbocycles. The van der Waals surface area contributed by atoms with Crippen LogP contribution in [-0.2, 0) is 21.1 Å². The van der Waals surface area contributed by atoms with E-state index in [1.54, 1.807) is 13.0 Å². The summed E-state index contributed by atoms with van der Waals surface area (Å²) in [5.41, 5.74) is 0.951. The van der Waals surface area contributed by atoms with Crippen LogP contribution in [0.1, 0.15) is 12.5 Å². The molecule has 2 rings (SSSR count). The first kappa shape index (κ1) is 17.1. The lowest BCUT2D eigenvalue weighted by Crippen LogP contribution is -2.49. The van der Waals surface area contributed by atoms with Crippen molar-refractivity contribution in [1.82, 2.24) is 10.6 Å². The van der Waals surface area contributed by atoms with Crippen LogP contribution in [0.3, 0.4) is 0 Å². The zero-order chi connectivity index (χ0) is 16.2. The van der Waals surface area contributed by atoms with Crippen molar-refractivity contribution in [2.75, 3.05) is 18.1 Å². The zero-order valence-electron chi connectivity index (χ0n) is 12.2. The molecular weight excluding hydrogens is 328 g/mol. The van der Waals surface area contributed by atoms with E-state index < -0.39 is 22.0 Å². The van der Waals surface area contributed by atoms with E-state index in [0.29, 0.717) is 11.6 Å². The third kappa shape index (κ3) is 4.86. The van der Waals surface area contributed by atoms with Gasteiger partial charge >= 0.3 is 6.09 Å². The van der Waals surface area contributed by atoms with Gasteiger partial charge in [-0.2, -0.15) is 0 Å². The van der Waals surface area contributed by atoms with Gasteiger partial charge in [0.05, 0.1) is 24.2 Å². The predicted molar refractivity (Wildman–Crippen MR) is 84.7 cm³/mol. The van der Waals surface area contributed by atoms with Gasteiger partial charge in [0.25, 0.3) is 0 Å². The Morgan fingerprint density at radius 3 is 2.77 bits per heavy atom. The van der Waals surface area contributed by atoms with Crippen molar-refractivity contribution in [1.29, 1.82) is 0 Å². The highest BCUT2D eigenvalue weighted by molar-refractivity contribution is 7.91. The second-order valence-corrected chi connectivity index (χ2v) is 7.76. The molecule has 1 aliphatic heterocycles. The van der Waals surface area contributed by atoms with Crippen molar-refractivity contribution < 1.29 is 17.9 Å². The van der Waals surface area contributed by atoms with Gasteiger partial charge in [-0.25, -0.2) is 13.2 Å². The highest BCUT2D eigenvalue weighted by Gasteiger charge is 2.38. The molecule has 1 aromatic carbocycles. The number of ether oxygens (including phenoxy) is 1. The minimum absolute atomic E-state index is 0.00929. The lowest BCUT2D eigenvalue weighted by atomic mass is 10.1. The van der Waals surface area contributed by atoms with Crippen LogP contribution in [0.5, 0.6) is 0 Å². The molecule has 8 heteroatoms. The van der Waals surface area contributed by atoms with Crippen molar-refractivity contribution in [3.8, 4) is 0 Å². The van der Waals surface area contributed by atoms with Crippen LogP contribution in [-0.4, -0.2) is 44.7 Å². The third-order valence-corrected chi connectivity index (χ3v) is 5.36. The molecule has 1 saturated heterocycles. The molecule has 1 fully saturated rings. The second-order valence-electron chi connectivity index (χ2n) is 5.17. The molecule has 0 saturated carbocycles. The topological polar surface area (TPSA) is 84.5 Å². The molecule has 1 heterocycles. The van der Waals surface area contributed by atoms with E-state index in [9.17, 15) is 13.2 Å². The van der Waals surface area contributed by atoms with Gasteiger partial charge in [-0.1, -0.05) is 23.7 Å². The molecule has 1 aliphatic rings. The number of rotatable bonds is 5. The van der Waals surface area contributed by atoms with E-state index in [4.69, 9.17) is 16.3 Å². The fourth-order valence-electron chi connectivity index (χ4n) is 2.41. The van der Waals surface area contributed by atoms with Crippen LogP contribution in [0.2, 0.25) is 5.02 Å². The van der Waals surface area contributed by atoms with Gasteiger partial charge in [0, 0.05) is 17.6 Å². The standard InChI is InChI=1S/C14H19ClN2O4S/c1-2-21-14(18)17-13-9-22(19,20)8-12(13)16-7-10-4-3-5-11(15)6-10/h3-6,12-13,16H,2,7-9H2,1H3,(H,17,18)/t12-,13+/m0/s1. The number of sulfone groups is 1. The van der Waals surface area contributed by atoms with E-state index in [1.807, 2.05) is 18.2 Å². The molecule has 1 amide bonds. The Hall–Kier alpha value is -1.31. The molecule has 2 atom stereocenters. The summed E-state index contributed by atoms with van der Waals surface area (Å²) in [6.45, 7) is 2.41. The second kappa shape index (κ2) is 7.30. The number of hydrogen-bond acceptors (Lipinski definition) is 5. The van der Waals surface area contributed by atoms with Crippen LogP contribution in [0.15, 0.2) is 24.3 Å². The summed E-state index contributed by atoms with van der Waals surface area (Å²) in [6, 6.07) is 6.47. The molecule has 0 aromatic heterocycles. The minimum Gasteiger partial charge on any atom is -0.450 e. The first-order valence-electron chi connectivity index (χ1n) is 7.01. The van der Waals surface area contributed by atoms with Crippen LogP contribution in [0, 0.1) is 0 Å². The predicted octanol–water partition coefficient (Wildman–Crippen LogP) is 1.34. The Balaban J connectivity index is 1.98. The van der Waals surface area contributed by atoms with Gasteiger partial charge in [-0.3, -0.25) is 0 Å². The van der Waals surface area contributed by atoms with E-state index in [-0.39, 0.29) is 24.2 Å². The highest BCUT2D eigenvalue weighted by atomic mass is 35.5. The number of hydrogen-bond donors (Lipinski definition) is 2. The highest BCUT2D eigenvalue weighted by Crippen LogP contribution is 2.15. The van der Waals surface area contributed by atoms with Crippen LogP contribution in [0.4, 0.5) is 4.79 Å². The van der Waals surface area contributed by atoms with Crippen molar-refractivity contribution in [2.24, 2.45) is 0 Å². The summed E-state index contributed by atoms with van der Waals surface area (Å²) in [7, 11) is -3.18. The third-order valence-electron chi connectivity index (χ3n) is 3.39. The van der Waals surface area contributed by atoms with E-state index >= 15 is 0 Å². The average molecular weight is 347 g/mol. The fraction of sp³-hybridized carbons (Fsp3) is 0.500. The number of nitrogens with one attached hydrogen (secondary N) is 2. The molecule has 0 unspecified atom stereocenters. The number of amides is 1. The van der Waals surface area contributed by atoms with Gasteiger partial charge in [0.2, 0.25) is 0 Å². The Labute approximate surface area is 135 Å². The molecule has 0 bridgehead atoms. The van der Waals surface area contributed by atoms with E-state index in [1.165, 1.54) is 0 Å². The first-order valence-corrected chi connectivity index (χ1v) is 9.21. The Morgan fingerprint density at radius 2 is 2.09 bits per heavy atom. The molecule has 0 radical (unpaired) electrons. The van der Waals surface area contributed by atoms with Crippen LogP contribution < -0.4 is 10.6 Å². The maximum Gasteiger partial charge on any atom is 0.407 e. The summed E-state index contributed by atoms with van der Waals surface area (Å²) in [6.07, 6.45) is -0.598. The normalized spacial score (nSPS) is 23.2. The van der Waals surface area contributed by atoms with Gasteiger partial charge in [-0.05, 0) is 24.6 Å². The SMILES string of the molecule is CCOC(=O)N[C@@H]1CS(=O)(=O)C[C@@H]1NCc1cccc(Cl)c1. The lowest BCUT2D eigenvalue weighted by Gasteiger charge is -2.20. The summed E-state index contributed by atoms with van der Waals surface area (Å²) in [4.78, 5) is 11.5. The Bertz CT molecular complexity index is 635. The molecule has 0 spiro atoms. The first-order chi connectivity index (χ1) is 10.4. The quantitative estimate of drug-likeness (QED) is 0.840. The maximum atomic E-state index is 11.8. The summed E-state index contributed by atoms with van der Waals surface area (Å²) < 4.78 is 28.4. The molecule has 22 heavy (non-hydrogen) atoms. The van der Waals surface area contributed by atoms with E-state index in [0.717, 1.165) is 5.56 Å². The molecule has 122 valence electrons.